The first-order valence-corrected chi connectivity index (χ1v) is 20.8. The van der Waals surface area contributed by atoms with E-state index in [0.717, 1.165) is 38.5 Å². The Morgan fingerprint density at radius 2 is 1.00 bits per heavy atom. The van der Waals surface area contributed by atoms with Crippen molar-refractivity contribution in [1.29, 1.82) is 0 Å². The van der Waals surface area contributed by atoms with Gasteiger partial charge in [-0.1, -0.05) is 161 Å². The summed E-state index contributed by atoms with van der Waals surface area (Å²) in [6, 6.07) is -0.533. The number of carbonyl (C=O) groups is 2. The van der Waals surface area contributed by atoms with Gasteiger partial charge in [-0.3, -0.25) is 19.8 Å². The Kier molecular flexibility index (Phi) is 35.7. The number of rotatable bonds is 37. The van der Waals surface area contributed by atoms with E-state index >= 15 is 0 Å². The second-order valence-corrected chi connectivity index (χ2v) is 14.5. The van der Waals surface area contributed by atoms with Crippen molar-refractivity contribution in [1.82, 2.24) is 20.9 Å². The molecule has 2 atom stereocenters. The first-order chi connectivity index (χ1) is 23.4. The first kappa shape index (κ1) is 46.6. The van der Waals surface area contributed by atoms with Gasteiger partial charge in [0.25, 0.3) is 0 Å². The highest BCUT2D eigenvalue weighted by Crippen LogP contribution is 2.13. The van der Waals surface area contributed by atoms with Crippen molar-refractivity contribution in [2.75, 3.05) is 27.2 Å². The summed E-state index contributed by atoms with van der Waals surface area (Å²) in [5.74, 6) is -0.107. The lowest BCUT2D eigenvalue weighted by Crippen LogP contribution is -2.52. The smallest absolute Gasteiger partial charge is 0.242 e. The van der Waals surface area contributed by atoms with Crippen molar-refractivity contribution in [3.63, 3.8) is 0 Å². The average molecular weight is 678 g/mol. The lowest BCUT2D eigenvalue weighted by atomic mass is 10.0. The zero-order chi connectivity index (χ0) is 35.3. The molecule has 0 heterocycles. The Labute approximate surface area is 299 Å². The summed E-state index contributed by atoms with van der Waals surface area (Å²) in [6.45, 7) is 5.77. The van der Waals surface area contributed by atoms with Crippen LogP contribution in [0.15, 0.2) is 12.2 Å². The molecular weight excluding hydrogens is 594 g/mol. The molecule has 0 rings (SSSR count). The van der Waals surface area contributed by atoms with Crippen LogP contribution in [0.3, 0.4) is 0 Å². The number of nitrogens with one attached hydrogen (secondary N) is 3. The molecule has 0 saturated heterocycles. The summed E-state index contributed by atoms with van der Waals surface area (Å²) in [6.07, 6.45) is 40.0. The molecule has 0 aliphatic carbocycles. The van der Waals surface area contributed by atoms with Crippen molar-refractivity contribution in [2.45, 2.75) is 212 Å². The van der Waals surface area contributed by atoms with Crippen LogP contribution in [0.2, 0.25) is 0 Å². The topological polar surface area (TPSA) is 99.5 Å². The Morgan fingerprint density at radius 3 is 1.46 bits per heavy atom. The molecule has 0 fully saturated rings. The van der Waals surface area contributed by atoms with Crippen molar-refractivity contribution in [3.05, 3.63) is 12.2 Å². The average Bonchev–Trinajstić information content (AvgIpc) is 3.07. The fourth-order valence-corrected chi connectivity index (χ4v) is 6.10. The Morgan fingerprint density at radius 1 is 0.583 bits per heavy atom. The number of allylic oxidation sites excluding steroid dienone is 2. The third-order valence-corrected chi connectivity index (χ3v) is 9.49. The minimum Gasteiger partial charge on any atom is -0.354 e. The highest BCUT2D eigenvalue weighted by atomic mass is 16.2. The SMILES string of the molecule is CCCCCCCC/C=C/CCCCCCCC(=O)NC(CCNC(N)N(C)C)C(=O)NCCCCCCCCCCCCCCCC. The second-order valence-electron chi connectivity index (χ2n) is 14.5. The highest BCUT2D eigenvalue weighted by molar-refractivity contribution is 5.87. The quantitative estimate of drug-likeness (QED) is 0.0298. The maximum Gasteiger partial charge on any atom is 0.242 e. The third kappa shape index (κ3) is 33.1. The van der Waals surface area contributed by atoms with Crippen LogP contribution in [0.5, 0.6) is 0 Å². The Hall–Kier alpha value is -1.44. The van der Waals surface area contributed by atoms with Gasteiger partial charge < -0.3 is 16.4 Å². The number of hydrogen-bond acceptors (Lipinski definition) is 5. The Balaban J connectivity index is 4.09. The van der Waals surface area contributed by atoms with Gasteiger partial charge in [0.15, 0.2) is 0 Å². The van der Waals surface area contributed by atoms with E-state index in [0.29, 0.717) is 25.9 Å². The predicted octanol–water partition coefficient (Wildman–Crippen LogP) is 9.89. The van der Waals surface area contributed by atoms with Gasteiger partial charge in [-0.25, -0.2) is 0 Å². The lowest BCUT2D eigenvalue weighted by molar-refractivity contribution is -0.129. The zero-order valence-corrected chi connectivity index (χ0v) is 32.6. The summed E-state index contributed by atoms with van der Waals surface area (Å²) in [5.41, 5.74) is 6.07. The molecule has 2 amide bonds. The van der Waals surface area contributed by atoms with Crippen molar-refractivity contribution >= 4 is 11.8 Å². The van der Waals surface area contributed by atoms with E-state index in [-0.39, 0.29) is 18.1 Å². The molecule has 0 aromatic carbocycles. The summed E-state index contributed by atoms with van der Waals surface area (Å²) in [5, 5.41) is 9.33. The van der Waals surface area contributed by atoms with Crippen LogP contribution in [0.25, 0.3) is 0 Å². The summed E-state index contributed by atoms with van der Waals surface area (Å²) in [4.78, 5) is 27.7. The summed E-state index contributed by atoms with van der Waals surface area (Å²) >= 11 is 0. The molecule has 0 bridgehead atoms. The van der Waals surface area contributed by atoms with Gasteiger partial charge in [-0.15, -0.1) is 0 Å². The van der Waals surface area contributed by atoms with Gasteiger partial charge in [0.2, 0.25) is 11.8 Å². The number of amides is 2. The molecule has 2 unspecified atom stereocenters. The Bertz CT molecular complexity index is 730. The molecule has 7 heteroatoms. The monoisotopic (exact) mass is 678 g/mol. The number of nitrogens with two attached hydrogens (primary N) is 1. The minimum atomic E-state index is -0.533. The van der Waals surface area contributed by atoms with Crippen LogP contribution in [0, 0.1) is 0 Å². The molecular formula is C41H83N5O2. The summed E-state index contributed by atoms with van der Waals surface area (Å²) in [7, 11) is 3.82. The standard InChI is InChI=1S/C41H83N5O2/c1-5-7-9-11-13-15-17-19-21-22-24-26-28-30-32-34-39(47)45-38(35-37-44-41(42)46(3)4)40(48)43-36-33-31-29-27-25-23-20-18-16-14-12-10-8-6-2/h19,21,38,41,44H,5-18,20,22-37,42H2,1-4H3,(H,43,48)(H,45,47)/b21-19+. The molecule has 0 spiro atoms. The molecule has 0 aliphatic heterocycles. The molecule has 0 aliphatic rings. The van der Waals surface area contributed by atoms with E-state index in [1.165, 1.54) is 135 Å². The van der Waals surface area contributed by atoms with Crippen molar-refractivity contribution in [2.24, 2.45) is 5.73 Å². The number of carbonyl (C=O) groups excluding carboxylic acids is 2. The van der Waals surface area contributed by atoms with Crippen LogP contribution in [-0.4, -0.2) is 56.2 Å². The zero-order valence-electron chi connectivity index (χ0n) is 32.6. The normalized spacial score (nSPS) is 13.0. The van der Waals surface area contributed by atoms with Crippen LogP contribution in [0.1, 0.15) is 200 Å². The fourth-order valence-electron chi connectivity index (χ4n) is 6.10. The van der Waals surface area contributed by atoms with E-state index in [1.807, 2.05) is 19.0 Å². The molecule has 284 valence electrons. The molecule has 48 heavy (non-hydrogen) atoms. The van der Waals surface area contributed by atoms with Gasteiger partial charge in [0.1, 0.15) is 12.3 Å². The predicted molar refractivity (Wildman–Crippen MR) is 209 cm³/mol. The van der Waals surface area contributed by atoms with E-state index in [4.69, 9.17) is 5.73 Å². The fraction of sp³-hybridized carbons (Fsp3) is 0.902. The molecule has 0 aromatic rings. The number of nitrogens with zero attached hydrogens (tertiary/aromatic N) is 1. The highest BCUT2D eigenvalue weighted by Gasteiger charge is 2.20. The maximum atomic E-state index is 13.0. The van der Waals surface area contributed by atoms with E-state index in [9.17, 15) is 9.59 Å². The third-order valence-electron chi connectivity index (χ3n) is 9.49. The first-order valence-electron chi connectivity index (χ1n) is 20.8. The van der Waals surface area contributed by atoms with Gasteiger partial charge in [0.05, 0.1) is 0 Å². The molecule has 7 nitrogen and oxygen atoms in total. The molecule has 0 radical (unpaired) electrons. The van der Waals surface area contributed by atoms with Crippen molar-refractivity contribution < 1.29 is 9.59 Å². The van der Waals surface area contributed by atoms with Gasteiger partial charge in [0, 0.05) is 19.5 Å². The maximum absolute atomic E-state index is 13.0. The molecule has 0 aromatic heterocycles. The van der Waals surface area contributed by atoms with Crippen LogP contribution in [-0.2, 0) is 9.59 Å². The molecule has 5 N–H and O–H groups in total. The van der Waals surface area contributed by atoms with Gasteiger partial charge >= 0.3 is 0 Å². The van der Waals surface area contributed by atoms with E-state index in [1.54, 1.807) is 0 Å². The molecule has 0 saturated carbocycles. The van der Waals surface area contributed by atoms with E-state index in [2.05, 4.69) is 41.9 Å². The van der Waals surface area contributed by atoms with Gasteiger partial charge in [-0.2, -0.15) is 0 Å². The lowest BCUT2D eigenvalue weighted by Gasteiger charge is -2.23. The van der Waals surface area contributed by atoms with E-state index < -0.39 is 6.04 Å². The summed E-state index contributed by atoms with van der Waals surface area (Å²) < 4.78 is 0. The van der Waals surface area contributed by atoms with Gasteiger partial charge in [-0.05, 0) is 59.0 Å². The number of hydrogen-bond donors (Lipinski definition) is 4. The second kappa shape index (κ2) is 36.8. The van der Waals surface area contributed by atoms with Crippen LogP contribution >= 0.6 is 0 Å². The number of unbranched alkanes of at least 4 members (excludes halogenated alkanes) is 24. The van der Waals surface area contributed by atoms with Crippen molar-refractivity contribution in [3.8, 4) is 0 Å². The largest absolute Gasteiger partial charge is 0.354 e. The van der Waals surface area contributed by atoms with Crippen LogP contribution in [0.4, 0.5) is 0 Å². The van der Waals surface area contributed by atoms with Crippen LogP contribution < -0.4 is 21.7 Å². The minimum absolute atomic E-state index is 0.0267.